The molecule has 127 valence electrons. The van der Waals surface area contributed by atoms with Crippen LogP contribution in [0.4, 0.5) is 0 Å². The fourth-order valence-electron chi connectivity index (χ4n) is 6.41. The average Bonchev–Trinajstić information content (AvgIpc) is 2.90. The Balaban J connectivity index is 1.55. The zero-order chi connectivity index (χ0) is 16.8. The third-order valence-corrected chi connectivity index (χ3v) is 7.89. The molecule has 7 rings (SSSR count). The van der Waals surface area contributed by atoms with Crippen molar-refractivity contribution in [2.75, 3.05) is 0 Å². The molecule has 2 aromatic heterocycles. The number of pyridine rings is 1. The number of hydrogen-bond donors (Lipinski definition) is 1. The lowest BCUT2D eigenvalue weighted by Crippen LogP contribution is -2.50. The van der Waals surface area contributed by atoms with E-state index >= 15 is 0 Å². The molecule has 1 aliphatic heterocycles. The molecule has 1 N–H and O–H groups in total. The highest BCUT2D eigenvalue weighted by Crippen LogP contribution is 2.64. The fraction of sp³-hybridized carbons (Fsp3) is 0.526. The van der Waals surface area contributed by atoms with Crippen molar-refractivity contribution in [3.63, 3.8) is 0 Å². The van der Waals surface area contributed by atoms with Crippen LogP contribution in [0.3, 0.4) is 0 Å². The van der Waals surface area contributed by atoms with Crippen LogP contribution in [0.25, 0.3) is 17.1 Å². The molecule has 5 aliphatic rings. The fourth-order valence-corrected chi connectivity index (χ4v) is 7.70. The van der Waals surface area contributed by atoms with E-state index in [1.807, 2.05) is 12.2 Å². The molecule has 25 heavy (non-hydrogen) atoms. The predicted octanol–water partition coefficient (Wildman–Crippen LogP) is 4.31. The quantitative estimate of drug-likeness (QED) is 0.443. The van der Waals surface area contributed by atoms with Gasteiger partial charge >= 0.3 is 7.48 Å². The Morgan fingerprint density at radius 1 is 1.28 bits per heavy atom. The van der Waals surface area contributed by atoms with Crippen molar-refractivity contribution in [2.24, 2.45) is 17.8 Å². The van der Waals surface area contributed by atoms with Crippen LogP contribution in [0.5, 0.6) is 5.75 Å². The molecular formula is C19H19BBrN2O2. The summed E-state index contributed by atoms with van der Waals surface area (Å²) in [6, 6.07) is 0. The first-order chi connectivity index (χ1) is 12.1. The van der Waals surface area contributed by atoms with Gasteiger partial charge in [0.05, 0.1) is 6.20 Å². The Labute approximate surface area is 155 Å². The van der Waals surface area contributed by atoms with Gasteiger partial charge in [0.1, 0.15) is 5.75 Å². The van der Waals surface area contributed by atoms with E-state index in [2.05, 4.69) is 27.0 Å². The van der Waals surface area contributed by atoms with Crippen LogP contribution in [0.1, 0.15) is 49.1 Å². The molecule has 0 aromatic carbocycles. The number of nitrogens with zero attached hydrogens (tertiary/aromatic N) is 2. The van der Waals surface area contributed by atoms with Gasteiger partial charge in [0, 0.05) is 21.5 Å². The smallest absolute Gasteiger partial charge is 0.401 e. The van der Waals surface area contributed by atoms with Crippen molar-refractivity contribution in [1.29, 1.82) is 0 Å². The summed E-state index contributed by atoms with van der Waals surface area (Å²) < 4.78 is 7.23. The van der Waals surface area contributed by atoms with E-state index in [0.717, 1.165) is 22.6 Å². The lowest BCUT2D eigenvalue weighted by molar-refractivity contribution is 0.0173. The van der Waals surface area contributed by atoms with Gasteiger partial charge < -0.3 is 9.86 Å². The minimum atomic E-state index is 0.368. The van der Waals surface area contributed by atoms with E-state index in [1.165, 1.54) is 42.4 Å². The SMILES string of the molecule is On1cc(C2[C@@H]3CC4C[C@H]2CC(Br)(C4)C3)c2c3c(cnc21)O[B]C=C3. The van der Waals surface area contributed by atoms with E-state index in [9.17, 15) is 5.21 Å². The largest absolute Gasteiger partial charge is 0.557 e. The summed E-state index contributed by atoms with van der Waals surface area (Å²) >= 11 is 4.07. The number of alkyl halides is 1. The number of rotatable bonds is 1. The maximum atomic E-state index is 10.5. The first-order valence-electron chi connectivity index (χ1n) is 9.20. The molecule has 1 radical (unpaired) electrons. The molecule has 4 fully saturated rings. The Kier molecular flexibility index (Phi) is 2.85. The third-order valence-electron chi connectivity index (χ3n) is 6.92. The molecule has 0 amide bonds. The van der Waals surface area contributed by atoms with Crippen LogP contribution in [-0.2, 0) is 0 Å². The summed E-state index contributed by atoms with van der Waals surface area (Å²) in [6.07, 6.45) is 12.2. The van der Waals surface area contributed by atoms with Crippen LogP contribution < -0.4 is 4.65 Å². The molecule has 4 saturated carbocycles. The molecule has 4 aliphatic carbocycles. The van der Waals surface area contributed by atoms with Crippen LogP contribution in [0.2, 0.25) is 0 Å². The van der Waals surface area contributed by atoms with Crippen LogP contribution >= 0.6 is 15.9 Å². The second kappa shape index (κ2) is 4.84. The highest BCUT2D eigenvalue weighted by Gasteiger charge is 2.55. The zero-order valence-electron chi connectivity index (χ0n) is 13.9. The van der Waals surface area contributed by atoms with Crippen molar-refractivity contribution in [3.8, 4) is 5.75 Å². The average molecular weight is 398 g/mol. The van der Waals surface area contributed by atoms with Crippen LogP contribution in [0.15, 0.2) is 18.4 Å². The predicted molar refractivity (Wildman–Crippen MR) is 100 cm³/mol. The highest BCUT2D eigenvalue weighted by molar-refractivity contribution is 9.10. The lowest BCUT2D eigenvalue weighted by atomic mass is 9.50. The maximum Gasteiger partial charge on any atom is 0.401 e. The second-order valence-electron chi connectivity index (χ2n) is 8.42. The standard InChI is InChI=1S/C19H19BBrN2O2/c21-19-5-10-3-11(6-19)16(12(4-10)7-19)14-9-23(24)18-17(14)13-1-2-20-25-15(13)8-22-18/h1-2,8-12,16,24H,3-7H2/t10?,11-,12+,16?,19?. The molecule has 5 atom stereocenters. The number of fused-ring (bicyclic) bond motifs is 3. The summed E-state index contributed by atoms with van der Waals surface area (Å²) in [5, 5.41) is 11.5. The first kappa shape index (κ1) is 14.7. The first-order valence-corrected chi connectivity index (χ1v) is 9.99. The van der Waals surface area contributed by atoms with Crippen molar-refractivity contribution in [1.82, 2.24) is 9.71 Å². The zero-order valence-corrected chi connectivity index (χ0v) is 15.4. The Morgan fingerprint density at radius 2 is 2.08 bits per heavy atom. The minimum absolute atomic E-state index is 0.368. The van der Waals surface area contributed by atoms with Gasteiger partial charge in [-0.05, 0) is 61.3 Å². The van der Waals surface area contributed by atoms with Gasteiger partial charge in [-0.15, -0.1) is 0 Å². The van der Waals surface area contributed by atoms with Crippen molar-refractivity contribution >= 4 is 40.5 Å². The summed E-state index contributed by atoms with van der Waals surface area (Å²) in [7, 11) is 1.68. The number of hydrogen-bond acceptors (Lipinski definition) is 3. The molecule has 0 saturated heterocycles. The van der Waals surface area contributed by atoms with E-state index in [-0.39, 0.29) is 0 Å². The third kappa shape index (κ3) is 1.97. The normalized spacial score (nSPS) is 37.8. The second-order valence-corrected chi connectivity index (χ2v) is 10.1. The topological polar surface area (TPSA) is 47.3 Å². The number of aromatic nitrogens is 2. The van der Waals surface area contributed by atoms with Crippen LogP contribution in [-0.4, -0.2) is 26.7 Å². The van der Waals surface area contributed by atoms with Gasteiger partial charge in [-0.2, -0.15) is 4.73 Å². The maximum absolute atomic E-state index is 10.5. The van der Waals surface area contributed by atoms with Gasteiger partial charge in [-0.3, -0.25) is 0 Å². The van der Waals surface area contributed by atoms with Gasteiger partial charge in [0.2, 0.25) is 0 Å². The van der Waals surface area contributed by atoms with Gasteiger partial charge in [-0.1, -0.05) is 28.0 Å². The number of halogens is 1. The monoisotopic (exact) mass is 397 g/mol. The Bertz CT molecular complexity index is 908. The van der Waals surface area contributed by atoms with Gasteiger partial charge in [-0.25, -0.2) is 4.98 Å². The summed E-state index contributed by atoms with van der Waals surface area (Å²) in [6.45, 7) is 0. The van der Waals surface area contributed by atoms with E-state index < -0.39 is 0 Å². The molecular weight excluding hydrogens is 379 g/mol. The molecule has 3 unspecified atom stereocenters. The summed E-state index contributed by atoms with van der Waals surface area (Å²) in [5.74, 6) is 5.50. The lowest BCUT2D eigenvalue weighted by Gasteiger charge is -2.58. The Morgan fingerprint density at radius 3 is 2.84 bits per heavy atom. The molecule has 4 bridgehead atoms. The van der Waals surface area contributed by atoms with Crippen LogP contribution in [0, 0.1) is 17.8 Å². The Hall–Kier alpha value is -1.43. The van der Waals surface area contributed by atoms with Gasteiger partial charge in [0.15, 0.2) is 5.65 Å². The van der Waals surface area contributed by atoms with Crippen molar-refractivity contribution in [3.05, 3.63) is 29.5 Å². The van der Waals surface area contributed by atoms with Gasteiger partial charge in [0.25, 0.3) is 0 Å². The molecule has 0 spiro atoms. The highest BCUT2D eigenvalue weighted by atomic mass is 79.9. The van der Waals surface area contributed by atoms with E-state index in [0.29, 0.717) is 27.7 Å². The summed E-state index contributed by atoms with van der Waals surface area (Å²) in [4.78, 5) is 4.47. The molecule has 6 heteroatoms. The molecule has 4 nitrogen and oxygen atoms in total. The van der Waals surface area contributed by atoms with E-state index in [1.54, 1.807) is 13.7 Å². The minimum Gasteiger partial charge on any atom is -0.557 e. The summed E-state index contributed by atoms with van der Waals surface area (Å²) in [5.41, 5.74) is 2.96. The molecule has 2 aromatic rings. The van der Waals surface area contributed by atoms with E-state index in [4.69, 9.17) is 4.65 Å². The van der Waals surface area contributed by atoms with Crippen molar-refractivity contribution in [2.45, 2.75) is 42.3 Å². The van der Waals surface area contributed by atoms with Crippen molar-refractivity contribution < 1.29 is 9.86 Å². The molecule has 3 heterocycles.